The molecule has 1 aromatic carbocycles. The molecule has 2 rings (SSSR count). The number of nitrogens with zero attached hydrogens (tertiary/aromatic N) is 1. The van der Waals surface area contributed by atoms with Crippen LogP contribution in [-0.2, 0) is 0 Å². The first-order valence-electron chi connectivity index (χ1n) is 5.91. The van der Waals surface area contributed by atoms with E-state index in [0.29, 0.717) is 5.69 Å². The molecule has 2 aromatic rings. The number of nitrogen functional groups attached to an aromatic ring is 1. The molecule has 1 aromatic heterocycles. The molecule has 0 atom stereocenters. The lowest BCUT2D eigenvalue weighted by Gasteiger charge is -2.13. The summed E-state index contributed by atoms with van der Waals surface area (Å²) >= 11 is 0. The van der Waals surface area contributed by atoms with Gasteiger partial charge in [0.2, 0.25) is 0 Å². The molecule has 3 heteroatoms. The van der Waals surface area contributed by atoms with E-state index >= 15 is 0 Å². The van der Waals surface area contributed by atoms with Crippen LogP contribution < -0.4 is 10.5 Å². The zero-order valence-corrected chi connectivity index (χ0v) is 11.2. The molecule has 0 bridgehead atoms. The minimum absolute atomic E-state index is 0.711. The van der Waals surface area contributed by atoms with Crippen LogP contribution in [0.15, 0.2) is 24.3 Å². The highest BCUT2D eigenvalue weighted by Crippen LogP contribution is 2.33. The van der Waals surface area contributed by atoms with Crippen molar-refractivity contribution in [1.29, 1.82) is 0 Å². The summed E-state index contributed by atoms with van der Waals surface area (Å²) in [6.07, 6.45) is 0. The summed E-state index contributed by atoms with van der Waals surface area (Å²) < 4.78 is 5.46. The lowest BCUT2D eigenvalue weighted by molar-refractivity contribution is 0.415. The SMILES string of the molecule is COc1cc(C)cc(C)c1-c1ccc(N)c(C)n1. The minimum atomic E-state index is 0.711. The van der Waals surface area contributed by atoms with E-state index in [9.17, 15) is 0 Å². The zero-order valence-electron chi connectivity index (χ0n) is 11.2. The number of aryl methyl sites for hydroxylation is 3. The first-order chi connectivity index (χ1) is 8.52. The van der Waals surface area contributed by atoms with E-state index < -0.39 is 0 Å². The van der Waals surface area contributed by atoms with Crippen molar-refractivity contribution in [1.82, 2.24) is 4.98 Å². The molecule has 0 spiro atoms. The number of hydrogen-bond donors (Lipinski definition) is 1. The van der Waals surface area contributed by atoms with Crippen LogP contribution >= 0.6 is 0 Å². The number of rotatable bonds is 2. The average molecular weight is 242 g/mol. The van der Waals surface area contributed by atoms with Gasteiger partial charge in [-0.15, -0.1) is 0 Å². The van der Waals surface area contributed by atoms with Crippen molar-refractivity contribution < 1.29 is 4.74 Å². The van der Waals surface area contributed by atoms with E-state index in [-0.39, 0.29) is 0 Å². The molecule has 0 fully saturated rings. The van der Waals surface area contributed by atoms with Crippen LogP contribution in [0.1, 0.15) is 16.8 Å². The van der Waals surface area contributed by atoms with Gasteiger partial charge in [-0.05, 0) is 50.1 Å². The van der Waals surface area contributed by atoms with Gasteiger partial charge in [0, 0.05) is 5.56 Å². The maximum atomic E-state index is 5.81. The molecule has 94 valence electrons. The van der Waals surface area contributed by atoms with Crippen LogP contribution in [0.4, 0.5) is 5.69 Å². The Morgan fingerprint density at radius 1 is 1.11 bits per heavy atom. The Morgan fingerprint density at radius 3 is 2.44 bits per heavy atom. The van der Waals surface area contributed by atoms with E-state index in [1.165, 1.54) is 5.56 Å². The van der Waals surface area contributed by atoms with Gasteiger partial charge in [0.15, 0.2) is 0 Å². The number of pyridine rings is 1. The Morgan fingerprint density at radius 2 is 1.83 bits per heavy atom. The van der Waals surface area contributed by atoms with Gasteiger partial charge >= 0.3 is 0 Å². The molecule has 1 heterocycles. The third kappa shape index (κ3) is 2.16. The Kier molecular flexibility index (Phi) is 3.24. The van der Waals surface area contributed by atoms with Gasteiger partial charge in [-0.2, -0.15) is 0 Å². The van der Waals surface area contributed by atoms with Crippen LogP contribution in [0.3, 0.4) is 0 Å². The maximum Gasteiger partial charge on any atom is 0.128 e. The summed E-state index contributed by atoms with van der Waals surface area (Å²) in [7, 11) is 1.68. The summed E-state index contributed by atoms with van der Waals surface area (Å²) in [5.41, 5.74) is 11.6. The van der Waals surface area contributed by atoms with E-state index in [4.69, 9.17) is 10.5 Å². The Hall–Kier alpha value is -2.03. The quantitative estimate of drug-likeness (QED) is 0.879. The van der Waals surface area contributed by atoms with Crippen LogP contribution in [-0.4, -0.2) is 12.1 Å². The highest BCUT2D eigenvalue weighted by molar-refractivity contribution is 5.72. The van der Waals surface area contributed by atoms with Gasteiger partial charge in [-0.3, -0.25) is 4.98 Å². The number of aromatic nitrogens is 1. The molecule has 3 nitrogen and oxygen atoms in total. The first kappa shape index (κ1) is 12.4. The lowest BCUT2D eigenvalue weighted by Crippen LogP contribution is -1.98. The Balaban J connectivity index is 2.66. The topological polar surface area (TPSA) is 48.1 Å². The Labute approximate surface area is 108 Å². The zero-order chi connectivity index (χ0) is 13.3. The van der Waals surface area contributed by atoms with Crippen molar-refractivity contribution in [3.63, 3.8) is 0 Å². The molecule has 0 saturated carbocycles. The van der Waals surface area contributed by atoms with Crippen molar-refractivity contribution >= 4 is 5.69 Å². The lowest BCUT2D eigenvalue weighted by atomic mass is 10.0. The number of methoxy groups -OCH3 is 1. The second-order valence-corrected chi connectivity index (χ2v) is 4.53. The molecule has 0 aliphatic heterocycles. The molecular formula is C15H18N2O. The number of nitrogens with two attached hydrogens (primary N) is 1. The summed E-state index contributed by atoms with van der Waals surface area (Å²) in [4.78, 5) is 4.54. The van der Waals surface area contributed by atoms with Crippen molar-refractivity contribution in [2.45, 2.75) is 20.8 Å². The van der Waals surface area contributed by atoms with Crippen LogP contribution in [0, 0.1) is 20.8 Å². The number of hydrogen-bond acceptors (Lipinski definition) is 3. The number of benzene rings is 1. The van der Waals surface area contributed by atoms with Gasteiger partial charge in [-0.1, -0.05) is 6.07 Å². The standard InChI is InChI=1S/C15H18N2O/c1-9-7-10(2)15(14(8-9)18-4)13-6-5-12(16)11(3)17-13/h5-8H,16H2,1-4H3. The van der Waals surface area contributed by atoms with E-state index in [0.717, 1.165) is 28.3 Å². The second-order valence-electron chi connectivity index (χ2n) is 4.53. The molecule has 0 aliphatic rings. The summed E-state index contributed by atoms with van der Waals surface area (Å²) in [5.74, 6) is 0.851. The third-order valence-corrected chi connectivity index (χ3v) is 3.05. The summed E-state index contributed by atoms with van der Waals surface area (Å²) in [6, 6.07) is 7.97. The van der Waals surface area contributed by atoms with Crippen LogP contribution in [0.25, 0.3) is 11.3 Å². The van der Waals surface area contributed by atoms with Gasteiger partial charge in [0.25, 0.3) is 0 Å². The van der Waals surface area contributed by atoms with E-state index in [1.54, 1.807) is 7.11 Å². The average Bonchev–Trinajstić information content (AvgIpc) is 2.32. The molecule has 0 radical (unpaired) electrons. The predicted octanol–water partition coefficient (Wildman–Crippen LogP) is 3.26. The van der Waals surface area contributed by atoms with Gasteiger partial charge < -0.3 is 10.5 Å². The summed E-state index contributed by atoms with van der Waals surface area (Å²) in [5, 5.41) is 0. The summed E-state index contributed by atoms with van der Waals surface area (Å²) in [6.45, 7) is 6.04. The molecule has 18 heavy (non-hydrogen) atoms. The van der Waals surface area contributed by atoms with Crippen LogP contribution in [0.2, 0.25) is 0 Å². The first-order valence-corrected chi connectivity index (χ1v) is 5.91. The Bertz CT molecular complexity index is 591. The smallest absolute Gasteiger partial charge is 0.128 e. The van der Waals surface area contributed by atoms with Crippen molar-refractivity contribution in [2.24, 2.45) is 0 Å². The monoisotopic (exact) mass is 242 g/mol. The fourth-order valence-corrected chi connectivity index (χ4v) is 2.13. The predicted molar refractivity (Wildman–Crippen MR) is 74.8 cm³/mol. The molecular weight excluding hydrogens is 224 g/mol. The highest BCUT2D eigenvalue weighted by atomic mass is 16.5. The molecule has 0 aliphatic carbocycles. The fourth-order valence-electron chi connectivity index (χ4n) is 2.13. The molecule has 0 amide bonds. The third-order valence-electron chi connectivity index (χ3n) is 3.05. The normalized spacial score (nSPS) is 10.4. The maximum absolute atomic E-state index is 5.81. The fraction of sp³-hybridized carbons (Fsp3) is 0.267. The van der Waals surface area contributed by atoms with Crippen molar-refractivity contribution in [3.8, 4) is 17.0 Å². The molecule has 0 saturated heterocycles. The number of ether oxygens (including phenoxy) is 1. The molecule has 0 unspecified atom stereocenters. The van der Waals surface area contributed by atoms with E-state index in [1.807, 2.05) is 25.1 Å². The largest absolute Gasteiger partial charge is 0.496 e. The van der Waals surface area contributed by atoms with Gasteiger partial charge in [0.1, 0.15) is 5.75 Å². The molecule has 2 N–H and O–H groups in total. The van der Waals surface area contributed by atoms with Gasteiger partial charge in [-0.25, -0.2) is 0 Å². The van der Waals surface area contributed by atoms with Crippen molar-refractivity contribution in [3.05, 3.63) is 41.1 Å². The van der Waals surface area contributed by atoms with Crippen LogP contribution in [0.5, 0.6) is 5.75 Å². The highest BCUT2D eigenvalue weighted by Gasteiger charge is 2.12. The van der Waals surface area contributed by atoms with Gasteiger partial charge in [0.05, 0.1) is 24.2 Å². The minimum Gasteiger partial charge on any atom is -0.496 e. The number of anilines is 1. The second kappa shape index (κ2) is 4.69. The van der Waals surface area contributed by atoms with Crippen molar-refractivity contribution in [2.75, 3.05) is 12.8 Å². The van der Waals surface area contributed by atoms with E-state index in [2.05, 4.69) is 24.9 Å².